The first-order chi connectivity index (χ1) is 11.1. The first-order valence-corrected chi connectivity index (χ1v) is 8.47. The number of rotatable bonds is 1. The van der Waals surface area contributed by atoms with Gasteiger partial charge in [0.2, 0.25) is 0 Å². The highest BCUT2D eigenvalue weighted by Crippen LogP contribution is 2.40. The molecule has 2 aromatic rings. The molecule has 1 aromatic carbocycles. The molecule has 1 fully saturated rings. The summed E-state index contributed by atoms with van der Waals surface area (Å²) in [5.74, 6) is 0. The van der Waals surface area contributed by atoms with Crippen LogP contribution in [0.2, 0.25) is 0 Å². The van der Waals surface area contributed by atoms with Crippen molar-refractivity contribution in [2.24, 2.45) is 0 Å². The zero-order valence-electron chi connectivity index (χ0n) is 15.4. The number of aromatic nitrogens is 1. The fourth-order valence-electron chi connectivity index (χ4n) is 3.25. The highest BCUT2D eigenvalue weighted by Gasteiger charge is 2.32. The minimum atomic E-state index is -0.269. The van der Waals surface area contributed by atoms with Gasteiger partial charge < -0.3 is 4.74 Å². The maximum absolute atomic E-state index is 12.3. The molecule has 0 aliphatic carbocycles. The molecule has 0 saturated carbocycles. The van der Waals surface area contributed by atoms with Crippen molar-refractivity contribution >= 4 is 22.7 Å². The van der Waals surface area contributed by atoms with Crippen LogP contribution in [-0.2, 0) is 15.6 Å². The number of ether oxygens (including phenoxy) is 1. The van der Waals surface area contributed by atoms with Gasteiger partial charge in [-0.3, -0.25) is 9.88 Å². The lowest BCUT2D eigenvalue weighted by molar-refractivity contribution is 0.181. The normalized spacial score (nSPS) is 15.9. The van der Waals surface area contributed by atoms with E-state index in [2.05, 4.69) is 59.7 Å². The van der Waals surface area contributed by atoms with Crippen LogP contribution in [0.5, 0.6) is 0 Å². The van der Waals surface area contributed by atoms with E-state index >= 15 is 0 Å². The molecule has 1 amide bonds. The van der Waals surface area contributed by atoms with Gasteiger partial charge in [-0.15, -0.1) is 0 Å². The highest BCUT2D eigenvalue weighted by molar-refractivity contribution is 6.03. The second-order valence-electron chi connectivity index (χ2n) is 8.49. The van der Waals surface area contributed by atoms with E-state index in [1.807, 2.05) is 6.20 Å². The Labute approximate surface area is 143 Å². The average Bonchev–Trinajstić information content (AvgIpc) is 2.89. The van der Waals surface area contributed by atoms with Crippen molar-refractivity contribution in [3.8, 4) is 0 Å². The standard InChI is InChI=1S/C20H26N2O2/c1-19(2,3)14-9-7-8-13-16(14)21-12-15(20(4,5)6)17(13)22-10-11-24-18(22)23/h7-9,12H,10-11H2,1-6H3. The summed E-state index contributed by atoms with van der Waals surface area (Å²) in [7, 11) is 0. The van der Waals surface area contributed by atoms with Gasteiger partial charge >= 0.3 is 6.09 Å². The van der Waals surface area contributed by atoms with Gasteiger partial charge in [0.25, 0.3) is 0 Å². The molecule has 4 nitrogen and oxygen atoms in total. The Balaban J connectivity index is 2.37. The van der Waals surface area contributed by atoms with Crippen LogP contribution >= 0.6 is 0 Å². The summed E-state index contributed by atoms with van der Waals surface area (Å²) in [6, 6.07) is 6.24. The third-order valence-electron chi connectivity index (χ3n) is 4.52. The molecule has 2 heterocycles. The molecule has 0 atom stereocenters. The van der Waals surface area contributed by atoms with Gasteiger partial charge in [-0.05, 0) is 16.4 Å². The molecule has 3 rings (SSSR count). The van der Waals surface area contributed by atoms with Crippen LogP contribution in [0, 0.1) is 0 Å². The minimum Gasteiger partial charge on any atom is -0.447 e. The van der Waals surface area contributed by atoms with E-state index in [4.69, 9.17) is 9.72 Å². The number of carbonyl (C=O) groups is 1. The van der Waals surface area contributed by atoms with E-state index < -0.39 is 0 Å². The highest BCUT2D eigenvalue weighted by atomic mass is 16.6. The number of cyclic esters (lactones) is 1. The quantitative estimate of drug-likeness (QED) is 0.757. The molecular weight excluding hydrogens is 300 g/mol. The third-order valence-corrected chi connectivity index (χ3v) is 4.52. The monoisotopic (exact) mass is 326 g/mol. The van der Waals surface area contributed by atoms with Gasteiger partial charge in [0.05, 0.1) is 17.7 Å². The molecule has 1 aliphatic heterocycles. The van der Waals surface area contributed by atoms with Crippen LogP contribution in [-0.4, -0.2) is 24.2 Å². The summed E-state index contributed by atoms with van der Waals surface area (Å²) in [6.07, 6.45) is 1.66. The van der Waals surface area contributed by atoms with E-state index in [-0.39, 0.29) is 16.9 Å². The SMILES string of the molecule is CC(C)(C)c1cnc2c(C(C)(C)C)cccc2c1N1CCOC1=O. The predicted octanol–water partition coefficient (Wildman–Crippen LogP) is 4.79. The van der Waals surface area contributed by atoms with Crippen molar-refractivity contribution in [1.29, 1.82) is 0 Å². The number of para-hydroxylation sites is 1. The smallest absolute Gasteiger partial charge is 0.414 e. The van der Waals surface area contributed by atoms with E-state index in [0.29, 0.717) is 13.2 Å². The number of nitrogens with zero attached hydrogens (tertiary/aromatic N) is 2. The summed E-state index contributed by atoms with van der Waals surface area (Å²) in [6.45, 7) is 14.0. The number of fused-ring (bicyclic) bond motifs is 1. The number of benzene rings is 1. The Morgan fingerprint density at radius 3 is 2.25 bits per heavy atom. The number of hydrogen-bond donors (Lipinski definition) is 0. The minimum absolute atomic E-state index is 0.0153. The lowest BCUT2D eigenvalue weighted by Crippen LogP contribution is -2.28. The van der Waals surface area contributed by atoms with E-state index in [9.17, 15) is 4.79 Å². The lowest BCUT2D eigenvalue weighted by Gasteiger charge is -2.29. The molecular formula is C20H26N2O2. The van der Waals surface area contributed by atoms with Gasteiger partial charge in [0.1, 0.15) is 6.61 Å². The topological polar surface area (TPSA) is 42.4 Å². The van der Waals surface area contributed by atoms with Crippen molar-refractivity contribution in [1.82, 2.24) is 4.98 Å². The zero-order chi connectivity index (χ0) is 17.7. The number of anilines is 1. The van der Waals surface area contributed by atoms with Gasteiger partial charge in [0, 0.05) is 17.1 Å². The first-order valence-electron chi connectivity index (χ1n) is 8.47. The largest absolute Gasteiger partial charge is 0.447 e. The van der Waals surface area contributed by atoms with Crippen LogP contribution in [0.1, 0.15) is 52.7 Å². The molecule has 1 aromatic heterocycles. The first kappa shape index (κ1) is 16.7. The van der Waals surface area contributed by atoms with Crippen molar-refractivity contribution in [3.63, 3.8) is 0 Å². The van der Waals surface area contributed by atoms with Crippen LogP contribution in [0.4, 0.5) is 10.5 Å². The third kappa shape index (κ3) is 2.74. The van der Waals surface area contributed by atoms with Crippen LogP contribution in [0.3, 0.4) is 0 Å². The second-order valence-corrected chi connectivity index (χ2v) is 8.49. The van der Waals surface area contributed by atoms with Crippen molar-refractivity contribution in [2.45, 2.75) is 52.4 Å². The number of pyridine rings is 1. The van der Waals surface area contributed by atoms with Gasteiger partial charge in [-0.2, -0.15) is 0 Å². The van der Waals surface area contributed by atoms with Crippen molar-refractivity contribution in [2.75, 3.05) is 18.1 Å². The van der Waals surface area contributed by atoms with Crippen molar-refractivity contribution < 1.29 is 9.53 Å². The summed E-state index contributed by atoms with van der Waals surface area (Å²) in [4.78, 5) is 18.8. The van der Waals surface area contributed by atoms with E-state index in [0.717, 1.165) is 22.2 Å². The maximum atomic E-state index is 12.3. The molecule has 0 unspecified atom stereocenters. The number of hydrogen-bond acceptors (Lipinski definition) is 3. The molecule has 0 bridgehead atoms. The summed E-state index contributed by atoms with van der Waals surface area (Å²) < 4.78 is 5.20. The zero-order valence-corrected chi connectivity index (χ0v) is 15.4. The predicted molar refractivity (Wildman–Crippen MR) is 97.8 cm³/mol. The molecule has 0 radical (unpaired) electrons. The summed E-state index contributed by atoms with van der Waals surface area (Å²) in [5, 5.41) is 1.02. The van der Waals surface area contributed by atoms with Gasteiger partial charge in [-0.25, -0.2) is 4.79 Å². The van der Waals surface area contributed by atoms with Crippen molar-refractivity contribution in [3.05, 3.63) is 35.5 Å². The Bertz CT molecular complexity index is 798. The second kappa shape index (κ2) is 5.47. The molecule has 24 heavy (non-hydrogen) atoms. The maximum Gasteiger partial charge on any atom is 0.414 e. The summed E-state index contributed by atoms with van der Waals surface area (Å²) in [5.41, 5.74) is 4.04. The number of amides is 1. The Morgan fingerprint density at radius 1 is 1.04 bits per heavy atom. The summed E-state index contributed by atoms with van der Waals surface area (Å²) >= 11 is 0. The molecule has 0 spiro atoms. The van der Waals surface area contributed by atoms with Gasteiger partial charge in [0.15, 0.2) is 0 Å². The molecule has 1 aliphatic rings. The van der Waals surface area contributed by atoms with Crippen LogP contribution in [0.25, 0.3) is 10.9 Å². The fraction of sp³-hybridized carbons (Fsp3) is 0.500. The Morgan fingerprint density at radius 2 is 1.71 bits per heavy atom. The van der Waals surface area contributed by atoms with Crippen LogP contribution in [0.15, 0.2) is 24.4 Å². The van der Waals surface area contributed by atoms with E-state index in [1.54, 1.807) is 4.90 Å². The lowest BCUT2D eigenvalue weighted by atomic mass is 9.82. The molecule has 1 saturated heterocycles. The van der Waals surface area contributed by atoms with Gasteiger partial charge in [-0.1, -0.05) is 59.7 Å². The Kier molecular flexibility index (Phi) is 3.82. The van der Waals surface area contributed by atoms with E-state index in [1.165, 1.54) is 5.56 Å². The number of carbonyl (C=O) groups excluding carboxylic acids is 1. The Hall–Kier alpha value is -2.10. The molecule has 0 N–H and O–H groups in total. The molecule has 128 valence electrons. The fourth-order valence-corrected chi connectivity index (χ4v) is 3.25. The average molecular weight is 326 g/mol. The van der Waals surface area contributed by atoms with Crippen LogP contribution < -0.4 is 4.90 Å². The molecule has 4 heteroatoms.